The molecule has 0 heterocycles. The molecule has 45 heavy (non-hydrogen) atoms. The van der Waals surface area contributed by atoms with Crippen LogP contribution in [-0.4, -0.2) is 37.7 Å². The van der Waals surface area contributed by atoms with Crippen molar-refractivity contribution in [3.63, 3.8) is 0 Å². The number of unbranched alkanes of at least 4 members (excludes halogenated alkanes) is 21. The van der Waals surface area contributed by atoms with Gasteiger partial charge in [0.25, 0.3) is 0 Å². The van der Waals surface area contributed by atoms with E-state index in [1.54, 1.807) is 0 Å². The van der Waals surface area contributed by atoms with Crippen molar-refractivity contribution in [1.29, 1.82) is 0 Å². The maximum Gasteiger partial charge on any atom is 0.308 e. The van der Waals surface area contributed by atoms with E-state index in [2.05, 4.69) is 20.8 Å². The van der Waals surface area contributed by atoms with E-state index in [1.165, 1.54) is 116 Å². The summed E-state index contributed by atoms with van der Waals surface area (Å²) in [7, 11) is 0. The molecular weight excluding hydrogens is 564 g/mol. The molecular formula is C39H72O6. The number of ether oxygens (including phenoxy) is 3. The van der Waals surface area contributed by atoms with Crippen molar-refractivity contribution in [2.75, 3.05) is 19.8 Å². The molecule has 0 aromatic heterocycles. The van der Waals surface area contributed by atoms with Crippen molar-refractivity contribution in [3.05, 3.63) is 0 Å². The first kappa shape index (κ1) is 41.4. The van der Waals surface area contributed by atoms with Gasteiger partial charge >= 0.3 is 17.9 Å². The summed E-state index contributed by atoms with van der Waals surface area (Å²) in [5, 5.41) is 0. The molecule has 1 aliphatic carbocycles. The van der Waals surface area contributed by atoms with Gasteiger partial charge in [-0.25, -0.2) is 0 Å². The van der Waals surface area contributed by atoms with Crippen LogP contribution in [0.1, 0.15) is 194 Å². The van der Waals surface area contributed by atoms with Crippen LogP contribution in [0.25, 0.3) is 0 Å². The standard InChI is InChI=1S/C39H72O6/c1-4-7-10-13-16-19-22-25-28-43-37(40)34-31-35(38(41)44-29-26-23-20-17-14-11-8-5-2)33-36(32-34)39(42)45-30-27-24-21-18-15-12-9-6-3/h34-36H,4-33H2,1-3H3. The zero-order chi connectivity index (χ0) is 32.8. The van der Waals surface area contributed by atoms with Gasteiger partial charge in [0.2, 0.25) is 0 Å². The maximum absolute atomic E-state index is 13.1. The van der Waals surface area contributed by atoms with Gasteiger partial charge in [0.1, 0.15) is 0 Å². The quantitative estimate of drug-likeness (QED) is 0.0443. The minimum Gasteiger partial charge on any atom is -0.465 e. The first-order chi connectivity index (χ1) is 22.0. The second-order valence-electron chi connectivity index (χ2n) is 13.7. The number of esters is 3. The lowest BCUT2D eigenvalue weighted by atomic mass is 9.75. The third kappa shape index (κ3) is 22.6. The Morgan fingerprint density at radius 3 is 0.778 bits per heavy atom. The summed E-state index contributed by atoms with van der Waals surface area (Å²) in [5.74, 6) is -2.23. The lowest BCUT2D eigenvalue weighted by molar-refractivity contribution is -0.161. The molecule has 0 aromatic carbocycles. The Kier molecular flexibility index (Phi) is 27.4. The summed E-state index contributed by atoms with van der Waals surface area (Å²) in [6.45, 7) is 7.91. The number of carbonyl (C=O) groups excluding carboxylic acids is 3. The predicted octanol–water partition coefficient (Wildman–Crippen LogP) is 11.1. The molecule has 0 aromatic rings. The highest BCUT2D eigenvalue weighted by atomic mass is 16.5. The van der Waals surface area contributed by atoms with Crippen LogP contribution >= 0.6 is 0 Å². The molecule has 264 valence electrons. The average molecular weight is 637 g/mol. The molecule has 6 nitrogen and oxygen atoms in total. The van der Waals surface area contributed by atoms with Gasteiger partial charge in [-0.2, -0.15) is 0 Å². The molecule has 0 N–H and O–H groups in total. The first-order valence-corrected chi connectivity index (χ1v) is 19.5. The van der Waals surface area contributed by atoms with Crippen LogP contribution in [0.5, 0.6) is 0 Å². The fourth-order valence-corrected chi connectivity index (χ4v) is 6.48. The summed E-state index contributed by atoms with van der Waals surface area (Å²) in [6, 6.07) is 0. The third-order valence-electron chi connectivity index (χ3n) is 9.43. The molecule has 1 fully saturated rings. The van der Waals surface area contributed by atoms with Crippen LogP contribution in [-0.2, 0) is 28.6 Å². The highest BCUT2D eigenvalue weighted by molar-refractivity contribution is 5.80. The van der Waals surface area contributed by atoms with Crippen molar-refractivity contribution in [2.45, 2.75) is 194 Å². The van der Waals surface area contributed by atoms with Crippen LogP contribution in [0.2, 0.25) is 0 Å². The third-order valence-corrected chi connectivity index (χ3v) is 9.43. The summed E-state index contributed by atoms with van der Waals surface area (Å²) < 4.78 is 17.0. The minimum absolute atomic E-state index is 0.278. The number of hydrogen-bond acceptors (Lipinski definition) is 6. The molecule has 0 saturated heterocycles. The molecule has 0 aliphatic heterocycles. The number of hydrogen-bond donors (Lipinski definition) is 0. The fourth-order valence-electron chi connectivity index (χ4n) is 6.48. The second-order valence-corrected chi connectivity index (χ2v) is 13.7. The van der Waals surface area contributed by atoms with Crippen LogP contribution in [0.3, 0.4) is 0 Å². The van der Waals surface area contributed by atoms with Gasteiger partial charge in [0.05, 0.1) is 37.6 Å². The second kappa shape index (κ2) is 29.8. The fraction of sp³-hybridized carbons (Fsp3) is 0.923. The highest BCUT2D eigenvalue weighted by Gasteiger charge is 2.41. The minimum atomic E-state index is -0.464. The smallest absolute Gasteiger partial charge is 0.308 e. The van der Waals surface area contributed by atoms with E-state index < -0.39 is 17.8 Å². The van der Waals surface area contributed by atoms with E-state index >= 15 is 0 Å². The lowest BCUT2D eigenvalue weighted by Crippen LogP contribution is -2.37. The molecule has 0 atom stereocenters. The van der Waals surface area contributed by atoms with Gasteiger partial charge in [-0.15, -0.1) is 0 Å². The normalized spacial score (nSPS) is 18.1. The van der Waals surface area contributed by atoms with Crippen LogP contribution in [0, 0.1) is 17.8 Å². The Morgan fingerprint density at radius 1 is 0.356 bits per heavy atom. The van der Waals surface area contributed by atoms with E-state index in [4.69, 9.17) is 14.2 Å². The Bertz CT molecular complexity index is 621. The van der Waals surface area contributed by atoms with Gasteiger partial charge in [0.15, 0.2) is 0 Å². The molecule has 0 amide bonds. The molecule has 0 spiro atoms. The van der Waals surface area contributed by atoms with Gasteiger partial charge in [-0.3, -0.25) is 14.4 Å². The topological polar surface area (TPSA) is 78.9 Å². The van der Waals surface area contributed by atoms with E-state index in [9.17, 15) is 14.4 Å². The van der Waals surface area contributed by atoms with E-state index in [0.29, 0.717) is 39.1 Å². The van der Waals surface area contributed by atoms with Crippen LogP contribution in [0.4, 0.5) is 0 Å². The van der Waals surface area contributed by atoms with Crippen molar-refractivity contribution in [3.8, 4) is 0 Å². The van der Waals surface area contributed by atoms with Gasteiger partial charge in [0, 0.05) is 0 Å². The zero-order valence-corrected chi connectivity index (χ0v) is 29.9. The monoisotopic (exact) mass is 637 g/mol. The van der Waals surface area contributed by atoms with Gasteiger partial charge in [-0.05, 0) is 38.5 Å². The van der Waals surface area contributed by atoms with E-state index in [1.807, 2.05) is 0 Å². The average Bonchev–Trinajstić information content (AvgIpc) is 3.05. The molecule has 1 saturated carbocycles. The van der Waals surface area contributed by atoms with Crippen molar-refractivity contribution >= 4 is 17.9 Å². The SMILES string of the molecule is CCCCCCCCCCOC(=O)C1CC(C(=O)OCCCCCCCCCC)CC(C(=O)OCCCCCCCCCC)C1. The molecule has 1 aliphatic rings. The molecule has 6 heteroatoms. The van der Waals surface area contributed by atoms with Crippen molar-refractivity contribution in [2.24, 2.45) is 17.8 Å². The van der Waals surface area contributed by atoms with Crippen molar-refractivity contribution < 1.29 is 28.6 Å². The Morgan fingerprint density at radius 2 is 0.556 bits per heavy atom. The number of carbonyl (C=O) groups is 3. The van der Waals surface area contributed by atoms with Crippen molar-refractivity contribution in [1.82, 2.24) is 0 Å². The Hall–Kier alpha value is -1.59. The van der Waals surface area contributed by atoms with E-state index in [-0.39, 0.29) is 17.9 Å². The summed E-state index contributed by atoms with van der Waals surface area (Å²) in [5.41, 5.74) is 0. The summed E-state index contributed by atoms with van der Waals surface area (Å²) in [4.78, 5) is 39.2. The number of rotatable bonds is 30. The summed E-state index contributed by atoms with van der Waals surface area (Å²) in [6.07, 6.45) is 29.6. The first-order valence-electron chi connectivity index (χ1n) is 19.5. The predicted molar refractivity (Wildman–Crippen MR) is 185 cm³/mol. The molecule has 0 radical (unpaired) electrons. The zero-order valence-electron chi connectivity index (χ0n) is 29.9. The van der Waals surface area contributed by atoms with E-state index in [0.717, 1.165) is 38.5 Å². The highest BCUT2D eigenvalue weighted by Crippen LogP contribution is 2.36. The lowest BCUT2D eigenvalue weighted by Gasteiger charge is -2.31. The summed E-state index contributed by atoms with van der Waals surface area (Å²) >= 11 is 0. The Labute approximate surface area is 277 Å². The Balaban J connectivity index is 2.49. The molecule has 0 unspecified atom stereocenters. The largest absolute Gasteiger partial charge is 0.465 e. The van der Waals surface area contributed by atoms with Crippen LogP contribution in [0.15, 0.2) is 0 Å². The van der Waals surface area contributed by atoms with Gasteiger partial charge in [-0.1, -0.05) is 156 Å². The molecule has 0 bridgehead atoms. The van der Waals surface area contributed by atoms with Crippen LogP contribution < -0.4 is 0 Å². The molecule has 1 rings (SSSR count). The maximum atomic E-state index is 13.1. The van der Waals surface area contributed by atoms with Gasteiger partial charge < -0.3 is 14.2 Å².